The molecule has 31 heavy (non-hydrogen) atoms. The normalized spacial score (nSPS) is 14.9. The molecular formula is C26H25NO4. The highest BCUT2D eigenvalue weighted by Gasteiger charge is 2.51. The minimum absolute atomic E-state index is 0.588. The van der Waals surface area contributed by atoms with E-state index in [1.807, 2.05) is 78.9 Å². The predicted molar refractivity (Wildman–Crippen MR) is 119 cm³/mol. The van der Waals surface area contributed by atoms with Crippen LogP contribution in [-0.4, -0.2) is 30.2 Å². The number of ether oxygens (including phenoxy) is 1. The monoisotopic (exact) mass is 415 g/mol. The van der Waals surface area contributed by atoms with Gasteiger partial charge >= 0.3 is 11.9 Å². The lowest BCUT2D eigenvalue weighted by Gasteiger charge is -2.40. The van der Waals surface area contributed by atoms with Crippen LogP contribution >= 0.6 is 0 Å². The molecule has 0 aliphatic heterocycles. The van der Waals surface area contributed by atoms with Crippen molar-refractivity contribution in [3.05, 3.63) is 95.6 Å². The van der Waals surface area contributed by atoms with E-state index in [2.05, 4.69) is 5.32 Å². The molecule has 0 unspecified atom stereocenters. The maximum absolute atomic E-state index is 12.6. The molecule has 0 spiro atoms. The maximum atomic E-state index is 12.6. The number of carbonyl (C=O) groups is 2. The standard InChI is InChI=1S/C26H25NO4/c1-25(2,24(30)31-3)22(23(28)29)27-26(17-11-5-4-6-12-17)20-15-9-7-13-18(20)19-14-8-10-16-21(19)26/h4-16,22,27H,1-3H3,(H,28,29)/t22-/m1/s1. The molecule has 0 amide bonds. The van der Waals surface area contributed by atoms with E-state index in [-0.39, 0.29) is 0 Å². The minimum atomic E-state index is -1.31. The molecular weight excluding hydrogens is 390 g/mol. The third kappa shape index (κ3) is 3.13. The number of rotatable bonds is 6. The van der Waals surface area contributed by atoms with E-state index in [1.54, 1.807) is 13.8 Å². The van der Waals surface area contributed by atoms with Gasteiger partial charge in [0, 0.05) is 0 Å². The Balaban J connectivity index is 2.02. The predicted octanol–water partition coefficient (Wildman–Crippen LogP) is 4.20. The van der Waals surface area contributed by atoms with E-state index in [9.17, 15) is 14.7 Å². The van der Waals surface area contributed by atoms with E-state index in [0.29, 0.717) is 0 Å². The van der Waals surface area contributed by atoms with Gasteiger partial charge in [-0.15, -0.1) is 0 Å². The average Bonchev–Trinajstić information content (AvgIpc) is 3.08. The Labute approximate surface area is 181 Å². The van der Waals surface area contributed by atoms with Gasteiger partial charge in [-0.25, -0.2) is 0 Å². The van der Waals surface area contributed by atoms with Crippen molar-refractivity contribution in [1.82, 2.24) is 5.32 Å². The summed E-state index contributed by atoms with van der Waals surface area (Å²) in [7, 11) is 1.27. The van der Waals surface area contributed by atoms with Crippen LogP contribution in [0, 0.1) is 5.41 Å². The Morgan fingerprint density at radius 1 is 0.871 bits per heavy atom. The van der Waals surface area contributed by atoms with Crippen LogP contribution in [0.5, 0.6) is 0 Å². The van der Waals surface area contributed by atoms with Crippen LogP contribution in [0.3, 0.4) is 0 Å². The number of esters is 1. The molecule has 1 aliphatic rings. The number of methoxy groups -OCH3 is 1. The Kier molecular flexibility index (Phi) is 5.15. The summed E-state index contributed by atoms with van der Waals surface area (Å²) in [6.45, 7) is 3.19. The summed E-state index contributed by atoms with van der Waals surface area (Å²) >= 11 is 0. The number of nitrogens with one attached hydrogen (secondary N) is 1. The van der Waals surface area contributed by atoms with Crippen molar-refractivity contribution >= 4 is 11.9 Å². The highest BCUT2D eigenvalue weighted by Crippen LogP contribution is 2.51. The molecule has 3 aromatic rings. The first-order chi connectivity index (χ1) is 14.8. The lowest BCUT2D eigenvalue weighted by Crippen LogP contribution is -2.59. The molecule has 158 valence electrons. The molecule has 1 atom stereocenters. The van der Waals surface area contributed by atoms with Gasteiger partial charge < -0.3 is 9.84 Å². The lowest BCUT2D eigenvalue weighted by atomic mass is 9.76. The van der Waals surface area contributed by atoms with E-state index < -0.39 is 28.9 Å². The van der Waals surface area contributed by atoms with Gasteiger partial charge in [-0.05, 0) is 41.7 Å². The van der Waals surface area contributed by atoms with Crippen LogP contribution in [-0.2, 0) is 19.9 Å². The van der Waals surface area contributed by atoms with Gasteiger partial charge in [-0.3, -0.25) is 14.9 Å². The number of aliphatic carboxylic acids is 1. The van der Waals surface area contributed by atoms with E-state index in [1.165, 1.54) is 7.11 Å². The van der Waals surface area contributed by atoms with Crippen molar-refractivity contribution in [2.24, 2.45) is 5.41 Å². The SMILES string of the molecule is COC(=O)C(C)(C)[C@H](NC1(c2ccccc2)c2ccccc2-c2ccccc21)C(=O)O. The van der Waals surface area contributed by atoms with Crippen molar-refractivity contribution in [1.29, 1.82) is 0 Å². The van der Waals surface area contributed by atoms with Gasteiger partial charge in [0.2, 0.25) is 0 Å². The van der Waals surface area contributed by atoms with E-state index in [4.69, 9.17) is 4.74 Å². The van der Waals surface area contributed by atoms with Crippen LogP contribution < -0.4 is 5.32 Å². The number of carboxylic acids is 1. The zero-order chi connectivity index (χ0) is 22.2. The van der Waals surface area contributed by atoms with Crippen LogP contribution in [0.15, 0.2) is 78.9 Å². The third-order valence-electron chi connectivity index (χ3n) is 6.20. The molecule has 0 saturated heterocycles. The van der Waals surface area contributed by atoms with Crippen molar-refractivity contribution < 1.29 is 19.4 Å². The minimum Gasteiger partial charge on any atom is -0.480 e. The number of benzene rings is 3. The third-order valence-corrected chi connectivity index (χ3v) is 6.20. The lowest BCUT2D eigenvalue weighted by molar-refractivity contribution is -0.159. The second-order valence-corrected chi connectivity index (χ2v) is 8.34. The van der Waals surface area contributed by atoms with E-state index in [0.717, 1.165) is 27.8 Å². The molecule has 0 aromatic heterocycles. The fraction of sp³-hybridized carbons (Fsp3) is 0.231. The first kappa shape index (κ1) is 20.8. The summed E-state index contributed by atoms with van der Waals surface area (Å²) in [6.07, 6.45) is 0. The van der Waals surface area contributed by atoms with Crippen molar-refractivity contribution in [3.8, 4) is 11.1 Å². The van der Waals surface area contributed by atoms with E-state index >= 15 is 0 Å². The molecule has 5 nitrogen and oxygen atoms in total. The molecule has 0 radical (unpaired) electrons. The fourth-order valence-corrected chi connectivity index (χ4v) is 4.62. The van der Waals surface area contributed by atoms with Crippen LogP contribution in [0.2, 0.25) is 0 Å². The second kappa shape index (κ2) is 7.67. The van der Waals surface area contributed by atoms with Gasteiger partial charge in [-0.1, -0.05) is 78.9 Å². The van der Waals surface area contributed by atoms with Gasteiger partial charge in [0.05, 0.1) is 18.1 Å². The maximum Gasteiger partial charge on any atom is 0.321 e. The molecule has 4 rings (SSSR count). The largest absolute Gasteiger partial charge is 0.480 e. The summed E-state index contributed by atoms with van der Waals surface area (Å²) in [5, 5.41) is 13.6. The molecule has 5 heteroatoms. The molecule has 0 fully saturated rings. The number of hydrogen-bond donors (Lipinski definition) is 2. The Bertz CT molecular complexity index is 1090. The summed E-state index contributed by atoms with van der Waals surface area (Å²) < 4.78 is 4.95. The second-order valence-electron chi connectivity index (χ2n) is 8.34. The first-order valence-corrected chi connectivity index (χ1v) is 10.2. The number of carbonyl (C=O) groups excluding carboxylic acids is 1. The summed E-state index contributed by atoms with van der Waals surface area (Å²) in [5.74, 6) is -1.71. The van der Waals surface area contributed by atoms with Crippen molar-refractivity contribution in [2.45, 2.75) is 25.4 Å². The van der Waals surface area contributed by atoms with Crippen LogP contribution in [0.4, 0.5) is 0 Å². The smallest absolute Gasteiger partial charge is 0.321 e. The van der Waals surface area contributed by atoms with Crippen LogP contribution in [0.25, 0.3) is 11.1 Å². The molecule has 2 N–H and O–H groups in total. The van der Waals surface area contributed by atoms with Crippen molar-refractivity contribution in [2.75, 3.05) is 7.11 Å². The van der Waals surface area contributed by atoms with Gasteiger partial charge in [0.25, 0.3) is 0 Å². The molecule has 1 aliphatic carbocycles. The first-order valence-electron chi connectivity index (χ1n) is 10.2. The molecule has 0 saturated carbocycles. The number of carboxylic acid groups (broad SMARTS) is 1. The topological polar surface area (TPSA) is 75.6 Å². The Hall–Kier alpha value is -3.44. The zero-order valence-electron chi connectivity index (χ0n) is 17.8. The average molecular weight is 415 g/mol. The Morgan fingerprint density at radius 3 is 1.84 bits per heavy atom. The van der Waals surface area contributed by atoms with Gasteiger partial charge in [0.15, 0.2) is 0 Å². The fourth-order valence-electron chi connectivity index (χ4n) is 4.62. The zero-order valence-corrected chi connectivity index (χ0v) is 17.8. The summed E-state index contributed by atoms with van der Waals surface area (Å²) in [4.78, 5) is 25.0. The van der Waals surface area contributed by atoms with Crippen molar-refractivity contribution in [3.63, 3.8) is 0 Å². The molecule has 0 heterocycles. The quantitative estimate of drug-likeness (QED) is 0.590. The summed E-state index contributed by atoms with van der Waals surface area (Å²) in [6, 6.07) is 24.5. The Morgan fingerprint density at radius 2 is 1.35 bits per heavy atom. The van der Waals surface area contributed by atoms with Crippen LogP contribution in [0.1, 0.15) is 30.5 Å². The van der Waals surface area contributed by atoms with Gasteiger partial charge in [0.1, 0.15) is 6.04 Å². The number of hydrogen-bond acceptors (Lipinski definition) is 4. The van der Waals surface area contributed by atoms with Gasteiger partial charge in [-0.2, -0.15) is 0 Å². The number of fused-ring (bicyclic) bond motifs is 3. The summed E-state index contributed by atoms with van der Waals surface area (Å²) in [5.41, 5.74) is 2.63. The molecule has 3 aromatic carbocycles. The molecule has 0 bridgehead atoms. The highest BCUT2D eigenvalue weighted by atomic mass is 16.5. The highest BCUT2D eigenvalue weighted by molar-refractivity contribution is 5.88.